The average molecular weight is 150 g/mol. The molecule has 0 fully saturated rings. The maximum atomic E-state index is 11.9. The first-order chi connectivity index (χ1) is 4.49. The Morgan fingerprint density at radius 2 is 2.00 bits per heavy atom. The third-order valence-corrected chi connectivity index (χ3v) is 0.896. The fourth-order valence-electron chi connectivity index (χ4n) is 0.618. The van der Waals surface area contributed by atoms with Crippen LogP contribution >= 0.6 is 0 Å². The van der Waals surface area contributed by atoms with Crippen molar-refractivity contribution in [2.24, 2.45) is 0 Å². The van der Waals surface area contributed by atoms with Crippen LogP contribution in [0.5, 0.6) is 0 Å². The van der Waals surface area contributed by atoms with Crippen molar-refractivity contribution in [1.29, 1.82) is 0 Å². The van der Waals surface area contributed by atoms with Crippen LogP contribution in [0.3, 0.4) is 0 Å². The van der Waals surface area contributed by atoms with Gasteiger partial charge in [0.05, 0.1) is 12.2 Å². The molecular formula is C7H15FO2. The maximum absolute atomic E-state index is 11.9. The average Bonchev–Trinajstić information content (AvgIpc) is 1.81. The summed E-state index contributed by atoms with van der Waals surface area (Å²) in [6.45, 7) is 4.59. The predicted octanol–water partition coefficient (Wildman–Crippen LogP) is 1.13. The summed E-state index contributed by atoms with van der Waals surface area (Å²) in [5.74, 6) is 0. The third kappa shape index (κ3) is 4.70. The molecule has 10 heavy (non-hydrogen) atoms. The van der Waals surface area contributed by atoms with E-state index in [1.807, 2.05) is 20.8 Å². The van der Waals surface area contributed by atoms with Gasteiger partial charge in [0.15, 0.2) is 0 Å². The number of rotatable bonds is 3. The van der Waals surface area contributed by atoms with Gasteiger partial charge in [0.1, 0.15) is 12.8 Å². The zero-order valence-corrected chi connectivity index (χ0v) is 6.72. The van der Waals surface area contributed by atoms with Crippen molar-refractivity contribution >= 4 is 0 Å². The van der Waals surface area contributed by atoms with Crippen LogP contribution in [-0.4, -0.2) is 30.1 Å². The number of ether oxygens (including phenoxy) is 1. The molecule has 1 N–H and O–H groups in total. The first kappa shape index (κ1) is 9.85. The van der Waals surface area contributed by atoms with E-state index in [9.17, 15) is 4.39 Å². The maximum Gasteiger partial charge on any atom is 0.118 e. The highest BCUT2D eigenvalue weighted by Crippen LogP contribution is 2.10. The molecule has 0 aromatic rings. The van der Waals surface area contributed by atoms with Gasteiger partial charge in [-0.2, -0.15) is 0 Å². The molecule has 2 nitrogen and oxygen atoms in total. The lowest BCUT2D eigenvalue weighted by molar-refractivity contribution is -0.0876. The van der Waals surface area contributed by atoms with Gasteiger partial charge < -0.3 is 9.84 Å². The molecule has 0 aromatic carbocycles. The summed E-state index contributed by atoms with van der Waals surface area (Å²) >= 11 is 0. The summed E-state index contributed by atoms with van der Waals surface area (Å²) in [6.07, 6.45) is -0.667. The van der Waals surface area contributed by atoms with Gasteiger partial charge in [0.25, 0.3) is 0 Å². The van der Waals surface area contributed by atoms with Crippen LogP contribution in [0.4, 0.5) is 4.39 Å². The number of halogens is 1. The predicted molar refractivity (Wildman–Crippen MR) is 37.7 cm³/mol. The van der Waals surface area contributed by atoms with E-state index in [4.69, 9.17) is 9.84 Å². The van der Waals surface area contributed by atoms with Crippen LogP contribution in [-0.2, 0) is 4.74 Å². The Bertz CT molecular complexity index is 84.1. The van der Waals surface area contributed by atoms with Crippen LogP contribution in [0.25, 0.3) is 0 Å². The van der Waals surface area contributed by atoms with Crippen molar-refractivity contribution in [3.05, 3.63) is 0 Å². The lowest BCUT2D eigenvalue weighted by atomic mass is 10.2. The molecule has 0 aliphatic carbocycles. The van der Waals surface area contributed by atoms with Gasteiger partial charge in [-0.1, -0.05) is 0 Å². The van der Waals surface area contributed by atoms with Crippen molar-refractivity contribution in [3.8, 4) is 0 Å². The van der Waals surface area contributed by atoms with Crippen LogP contribution < -0.4 is 0 Å². The summed E-state index contributed by atoms with van der Waals surface area (Å²) < 4.78 is 17.0. The molecule has 0 aromatic heterocycles. The smallest absolute Gasteiger partial charge is 0.118 e. The molecule has 0 saturated carbocycles. The van der Waals surface area contributed by atoms with Crippen LogP contribution in [0.15, 0.2) is 0 Å². The second-order valence-electron chi connectivity index (χ2n) is 3.19. The van der Waals surface area contributed by atoms with Gasteiger partial charge in [-0.05, 0) is 20.8 Å². The van der Waals surface area contributed by atoms with E-state index in [1.165, 1.54) is 0 Å². The van der Waals surface area contributed by atoms with Crippen LogP contribution in [0.2, 0.25) is 0 Å². The summed E-state index contributed by atoms with van der Waals surface area (Å²) in [5, 5.41) is 8.52. The minimum atomic E-state index is -0.667. The van der Waals surface area contributed by atoms with Crippen molar-refractivity contribution in [2.75, 3.05) is 13.3 Å². The molecule has 3 heteroatoms. The zero-order valence-electron chi connectivity index (χ0n) is 6.72. The normalized spacial score (nSPS) is 15.3. The second-order valence-corrected chi connectivity index (χ2v) is 3.19. The molecule has 0 aliphatic heterocycles. The molecule has 0 spiro atoms. The van der Waals surface area contributed by atoms with Crippen LogP contribution in [0.1, 0.15) is 20.8 Å². The van der Waals surface area contributed by atoms with E-state index in [2.05, 4.69) is 0 Å². The Kier molecular flexibility index (Phi) is 3.83. The monoisotopic (exact) mass is 150 g/mol. The Hall–Kier alpha value is -0.150. The second kappa shape index (κ2) is 3.88. The molecule has 1 atom stereocenters. The van der Waals surface area contributed by atoms with Crippen molar-refractivity contribution in [2.45, 2.75) is 32.5 Å². The van der Waals surface area contributed by atoms with E-state index in [1.54, 1.807) is 0 Å². The lowest BCUT2D eigenvalue weighted by Crippen LogP contribution is -2.31. The fraction of sp³-hybridized carbons (Fsp3) is 1.00. The molecular weight excluding hydrogens is 135 g/mol. The molecule has 0 rings (SSSR count). The SMILES string of the molecule is CC(C)(C)O[C@H](CO)CF. The first-order valence-corrected chi connectivity index (χ1v) is 3.34. The third-order valence-electron chi connectivity index (χ3n) is 0.896. The van der Waals surface area contributed by atoms with Gasteiger partial charge in [0, 0.05) is 0 Å². The summed E-state index contributed by atoms with van der Waals surface area (Å²) in [5.41, 5.74) is -0.376. The fourth-order valence-corrected chi connectivity index (χ4v) is 0.618. The number of alkyl halides is 1. The van der Waals surface area contributed by atoms with E-state index in [-0.39, 0.29) is 12.2 Å². The Balaban J connectivity index is 3.63. The molecule has 62 valence electrons. The number of aliphatic hydroxyl groups excluding tert-OH is 1. The summed E-state index contributed by atoms with van der Waals surface area (Å²) in [6, 6.07) is 0. The minimum Gasteiger partial charge on any atom is -0.394 e. The van der Waals surface area contributed by atoms with Gasteiger partial charge >= 0.3 is 0 Å². The largest absolute Gasteiger partial charge is 0.394 e. The van der Waals surface area contributed by atoms with Crippen LogP contribution in [0, 0.1) is 0 Å². The van der Waals surface area contributed by atoms with Crippen molar-refractivity contribution in [1.82, 2.24) is 0 Å². The highest BCUT2D eigenvalue weighted by atomic mass is 19.1. The van der Waals surface area contributed by atoms with Gasteiger partial charge in [-0.15, -0.1) is 0 Å². The van der Waals surface area contributed by atoms with E-state index >= 15 is 0 Å². The summed E-state index contributed by atoms with van der Waals surface area (Å²) in [7, 11) is 0. The highest BCUT2D eigenvalue weighted by Gasteiger charge is 2.17. The Labute approximate surface area is 61.0 Å². The summed E-state index contributed by atoms with van der Waals surface area (Å²) in [4.78, 5) is 0. The standard InChI is InChI=1S/C7H15FO2/c1-7(2,3)10-6(4-8)5-9/h6,9H,4-5H2,1-3H3/t6-/m0/s1. The molecule has 0 unspecified atom stereocenters. The van der Waals surface area contributed by atoms with E-state index < -0.39 is 12.8 Å². The highest BCUT2D eigenvalue weighted by molar-refractivity contribution is 4.64. The molecule has 0 saturated heterocycles. The first-order valence-electron chi connectivity index (χ1n) is 3.34. The van der Waals surface area contributed by atoms with Crippen molar-refractivity contribution < 1.29 is 14.2 Å². The minimum absolute atomic E-state index is 0.256. The van der Waals surface area contributed by atoms with Gasteiger partial charge in [-0.3, -0.25) is 0 Å². The van der Waals surface area contributed by atoms with E-state index in [0.717, 1.165) is 0 Å². The van der Waals surface area contributed by atoms with E-state index in [0.29, 0.717) is 0 Å². The Morgan fingerprint density at radius 3 is 2.10 bits per heavy atom. The number of aliphatic hydroxyl groups is 1. The molecule has 0 amide bonds. The van der Waals surface area contributed by atoms with Gasteiger partial charge in [-0.25, -0.2) is 4.39 Å². The molecule has 0 heterocycles. The molecule has 0 radical (unpaired) electrons. The zero-order chi connectivity index (χ0) is 8.20. The molecule has 0 aliphatic rings. The number of hydrogen-bond donors (Lipinski definition) is 1. The topological polar surface area (TPSA) is 29.5 Å². The number of hydrogen-bond acceptors (Lipinski definition) is 2. The lowest BCUT2D eigenvalue weighted by Gasteiger charge is -2.24. The Morgan fingerprint density at radius 1 is 1.50 bits per heavy atom. The van der Waals surface area contributed by atoms with Crippen molar-refractivity contribution in [3.63, 3.8) is 0 Å². The quantitative estimate of drug-likeness (QED) is 0.653. The van der Waals surface area contributed by atoms with Gasteiger partial charge in [0.2, 0.25) is 0 Å². The molecule has 0 bridgehead atoms.